The molecule has 0 atom stereocenters. The zero-order chi connectivity index (χ0) is 17.8. The summed E-state index contributed by atoms with van der Waals surface area (Å²) in [7, 11) is 1.62. The van der Waals surface area contributed by atoms with E-state index in [1.165, 1.54) is 19.3 Å². The fourth-order valence-corrected chi connectivity index (χ4v) is 3.54. The fourth-order valence-electron chi connectivity index (χ4n) is 3.54. The highest BCUT2D eigenvalue weighted by molar-refractivity contribution is 5.48. The van der Waals surface area contributed by atoms with Crippen LogP contribution in [0.4, 0.5) is 17.6 Å². The molecule has 8 heteroatoms. The highest BCUT2D eigenvalue weighted by Crippen LogP contribution is 2.22. The molecule has 0 aromatic carbocycles. The molecule has 8 nitrogen and oxygen atoms in total. The summed E-state index contributed by atoms with van der Waals surface area (Å²) < 4.78 is 5.20. The molecule has 0 bridgehead atoms. The molecular weight excluding hydrogens is 330 g/mol. The predicted molar refractivity (Wildman–Crippen MR) is 101 cm³/mol. The summed E-state index contributed by atoms with van der Waals surface area (Å²) in [5, 5.41) is 0. The van der Waals surface area contributed by atoms with E-state index in [0.29, 0.717) is 5.88 Å². The summed E-state index contributed by atoms with van der Waals surface area (Å²) >= 11 is 0. The van der Waals surface area contributed by atoms with Gasteiger partial charge in [-0.25, -0.2) is 15.0 Å². The van der Waals surface area contributed by atoms with E-state index in [1.807, 2.05) is 18.3 Å². The largest absolute Gasteiger partial charge is 0.481 e. The molecule has 2 aliphatic rings. The lowest BCUT2D eigenvalue weighted by Crippen LogP contribution is -2.47. The Hall–Kier alpha value is -2.64. The Balaban J connectivity index is 1.41. The Bertz CT molecular complexity index is 727. The smallest absolute Gasteiger partial charge is 0.227 e. The molecule has 0 amide bonds. The SMILES string of the molecule is COc1cc(N2CCN(c3ccnc(N4CCCCC4)n3)CC2)ncn1. The number of nitrogens with zero attached hydrogens (tertiary/aromatic N) is 7. The normalized spacial score (nSPS) is 18.1. The molecular formula is C18H25N7O. The predicted octanol–water partition coefficient (Wildman–Crippen LogP) is 1.59. The molecule has 0 aliphatic carbocycles. The third kappa shape index (κ3) is 3.63. The van der Waals surface area contributed by atoms with Gasteiger partial charge in [-0.15, -0.1) is 0 Å². The number of aromatic nitrogens is 4. The molecule has 2 fully saturated rings. The lowest BCUT2D eigenvalue weighted by atomic mass is 10.1. The number of rotatable bonds is 4. The monoisotopic (exact) mass is 355 g/mol. The van der Waals surface area contributed by atoms with E-state index < -0.39 is 0 Å². The molecule has 2 saturated heterocycles. The number of piperazine rings is 1. The van der Waals surface area contributed by atoms with Crippen LogP contribution in [0, 0.1) is 0 Å². The van der Waals surface area contributed by atoms with Gasteiger partial charge in [-0.3, -0.25) is 0 Å². The average Bonchev–Trinajstić information content (AvgIpc) is 2.75. The highest BCUT2D eigenvalue weighted by atomic mass is 16.5. The van der Waals surface area contributed by atoms with Crippen LogP contribution < -0.4 is 19.4 Å². The minimum Gasteiger partial charge on any atom is -0.481 e. The Morgan fingerprint density at radius 2 is 1.54 bits per heavy atom. The van der Waals surface area contributed by atoms with Crippen LogP contribution >= 0.6 is 0 Å². The summed E-state index contributed by atoms with van der Waals surface area (Å²) in [4.78, 5) is 24.6. The van der Waals surface area contributed by atoms with Crippen LogP contribution in [0.3, 0.4) is 0 Å². The van der Waals surface area contributed by atoms with Crippen molar-refractivity contribution >= 4 is 17.6 Å². The lowest BCUT2D eigenvalue weighted by Gasteiger charge is -2.36. The average molecular weight is 355 g/mol. The van der Waals surface area contributed by atoms with Gasteiger partial charge in [-0.1, -0.05) is 0 Å². The van der Waals surface area contributed by atoms with E-state index in [0.717, 1.165) is 56.9 Å². The first-order valence-corrected chi connectivity index (χ1v) is 9.27. The molecule has 2 aliphatic heterocycles. The Morgan fingerprint density at radius 3 is 2.27 bits per heavy atom. The Labute approximate surface area is 153 Å². The number of hydrogen-bond donors (Lipinski definition) is 0. The highest BCUT2D eigenvalue weighted by Gasteiger charge is 2.21. The second kappa shape index (κ2) is 7.72. The summed E-state index contributed by atoms with van der Waals surface area (Å²) in [5.41, 5.74) is 0. The summed E-state index contributed by atoms with van der Waals surface area (Å²) in [6.45, 7) is 5.72. The van der Waals surface area contributed by atoms with E-state index in [4.69, 9.17) is 9.72 Å². The van der Waals surface area contributed by atoms with E-state index >= 15 is 0 Å². The van der Waals surface area contributed by atoms with Crippen LogP contribution in [0.15, 0.2) is 24.7 Å². The molecule has 0 saturated carbocycles. The van der Waals surface area contributed by atoms with Gasteiger partial charge in [0.25, 0.3) is 0 Å². The van der Waals surface area contributed by atoms with Gasteiger partial charge in [-0.2, -0.15) is 4.98 Å². The molecule has 0 N–H and O–H groups in total. The first-order chi connectivity index (χ1) is 12.8. The molecule has 26 heavy (non-hydrogen) atoms. The number of anilines is 3. The second-order valence-corrected chi connectivity index (χ2v) is 6.66. The van der Waals surface area contributed by atoms with Crippen LogP contribution in [0.2, 0.25) is 0 Å². The van der Waals surface area contributed by atoms with Crippen molar-refractivity contribution in [1.82, 2.24) is 19.9 Å². The number of ether oxygens (including phenoxy) is 1. The summed E-state index contributed by atoms with van der Waals surface area (Å²) in [5.74, 6) is 3.39. The van der Waals surface area contributed by atoms with E-state index in [1.54, 1.807) is 13.4 Å². The third-order valence-corrected chi connectivity index (χ3v) is 5.03. The molecule has 2 aromatic rings. The first-order valence-electron chi connectivity index (χ1n) is 9.27. The van der Waals surface area contributed by atoms with E-state index in [-0.39, 0.29) is 0 Å². The first kappa shape index (κ1) is 16.8. The van der Waals surface area contributed by atoms with Gasteiger partial charge in [0.1, 0.15) is 18.0 Å². The number of methoxy groups -OCH3 is 1. The fraction of sp³-hybridized carbons (Fsp3) is 0.556. The maximum absolute atomic E-state index is 5.20. The molecule has 4 rings (SSSR count). The molecule has 4 heterocycles. The van der Waals surface area contributed by atoms with Crippen molar-refractivity contribution in [2.75, 3.05) is 61.1 Å². The Morgan fingerprint density at radius 1 is 0.808 bits per heavy atom. The van der Waals surface area contributed by atoms with Crippen molar-refractivity contribution in [2.24, 2.45) is 0 Å². The van der Waals surface area contributed by atoms with Gasteiger partial charge >= 0.3 is 0 Å². The second-order valence-electron chi connectivity index (χ2n) is 6.66. The molecule has 0 radical (unpaired) electrons. The van der Waals surface area contributed by atoms with Crippen molar-refractivity contribution < 1.29 is 4.74 Å². The van der Waals surface area contributed by atoms with Gasteiger partial charge in [0.05, 0.1) is 7.11 Å². The zero-order valence-electron chi connectivity index (χ0n) is 15.2. The van der Waals surface area contributed by atoms with Crippen LogP contribution in [0.1, 0.15) is 19.3 Å². The minimum atomic E-state index is 0.597. The van der Waals surface area contributed by atoms with Crippen molar-refractivity contribution in [3.8, 4) is 5.88 Å². The van der Waals surface area contributed by atoms with E-state index in [2.05, 4.69) is 29.7 Å². The standard InChI is InChI=1S/C18H25N7O/c1-26-17-13-16(20-14-21-17)24-11-9-23(10-12-24)15-5-6-19-18(22-15)25-7-3-2-4-8-25/h5-6,13-14H,2-4,7-12H2,1H3. The van der Waals surface area contributed by atoms with Crippen LogP contribution in [-0.2, 0) is 0 Å². The quantitative estimate of drug-likeness (QED) is 0.819. The van der Waals surface area contributed by atoms with Gasteiger partial charge in [0, 0.05) is 51.5 Å². The van der Waals surface area contributed by atoms with E-state index in [9.17, 15) is 0 Å². The maximum Gasteiger partial charge on any atom is 0.227 e. The van der Waals surface area contributed by atoms with Crippen LogP contribution in [0.25, 0.3) is 0 Å². The van der Waals surface area contributed by atoms with Crippen molar-refractivity contribution in [3.05, 3.63) is 24.7 Å². The number of piperidine rings is 1. The number of hydrogen-bond acceptors (Lipinski definition) is 8. The molecule has 0 spiro atoms. The minimum absolute atomic E-state index is 0.597. The molecule has 138 valence electrons. The lowest BCUT2D eigenvalue weighted by molar-refractivity contribution is 0.396. The maximum atomic E-state index is 5.20. The van der Waals surface area contributed by atoms with Gasteiger partial charge in [-0.05, 0) is 25.3 Å². The summed E-state index contributed by atoms with van der Waals surface area (Å²) in [6, 6.07) is 3.89. The van der Waals surface area contributed by atoms with Crippen molar-refractivity contribution in [2.45, 2.75) is 19.3 Å². The Kier molecular flexibility index (Phi) is 4.99. The van der Waals surface area contributed by atoms with Gasteiger partial charge < -0.3 is 19.4 Å². The summed E-state index contributed by atoms with van der Waals surface area (Å²) in [6.07, 6.45) is 7.21. The topological polar surface area (TPSA) is 70.5 Å². The van der Waals surface area contributed by atoms with Crippen LogP contribution in [-0.4, -0.2) is 66.3 Å². The van der Waals surface area contributed by atoms with Gasteiger partial charge in [0.2, 0.25) is 11.8 Å². The molecule has 2 aromatic heterocycles. The molecule has 0 unspecified atom stereocenters. The van der Waals surface area contributed by atoms with Crippen molar-refractivity contribution in [1.29, 1.82) is 0 Å². The van der Waals surface area contributed by atoms with Crippen LogP contribution in [0.5, 0.6) is 5.88 Å². The third-order valence-electron chi connectivity index (χ3n) is 5.03. The van der Waals surface area contributed by atoms with Gasteiger partial charge in [0.15, 0.2) is 0 Å². The van der Waals surface area contributed by atoms with Crippen molar-refractivity contribution in [3.63, 3.8) is 0 Å². The zero-order valence-corrected chi connectivity index (χ0v) is 15.2.